The van der Waals surface area contributed by atoms with Crippen molar-refractivity contribution in [3.05, 3.63) is 65.5 Å². The molecule has 1 heterocycles. The Morgan fingerprint density at radius 2 is 1.83 bits per heavy atom. The second kappa shape index (κ2) is 9.54. The van der Waals surface area contributed by atoms with E-state index in [1.807, 2.05) is 24.3 Å². The van der Waals surface area contributed by atoms with E-state index in [1.165, 1.54) is 12.1 Å². The van der Waals surface area contributed by atoms with E-state index in [1.54, 1.807) is 19.2 Å². The van der Waals surface area contributed by atoms with E-state index in [0.717, 1.165) is 23.3 Å². The standard InChI is InChI=1S/C23H27FN2O3/c1-29-20-8-4-18(5-9-20)16-23(14-11-22(28)26-23)13-10-21(27)25-15-12-17-2-6-19(24)7-3-17/h2-9H,10-16H2,1H3,(H,25,27)(H,26,28). The summed E-state index contributed by atoms with van der Waals surface area (Å²) < 4.78 is 18.1. The van der Waals surface area contributed by atoms with Crippen LogP contribution in [-0.4, -0.2) is 31.0 Å². The number of hydrogen-bond acceptors (Lipinski definition) is 3. The molecule has 0 aromatic heterocycles. The van der Waals surface area contributed by atoms with Gasteiger partial charge in [0.05, 0.1) is 7.11 Å². The van der Waals surface area contributed by atoms with Crippen molar-refractivity contribution in [2.75, 3.05) is 13.7 Å². The summed E-state index contributed by atoms with van der Waals surface area (Å²) in [7, 11) is 1.63. The molecule has 1 aliphatic rings. The smallest absolute Gasteiger partial charge is 0.220 e. The molecule has 6 heteroatoms. The number of nitrogens with one attached hydrogen (secondary N) is 2. The molecule has 2 N–H and O–H groups in total. The highest BCUT2D eigenvalue weighted by Crippen LogP contribution is 2.30. The molecule has 1 unspecified atom stereocenters. The zero-order chi connectivity index (χ0) is 20.7. The molecule has 0 spiro atoms. The molecule has 1 aliphatic heterocycles. The highest BCUT2D eigenvalue weighted by Gasteiger charge is 2.37. The zero-order valence-corrected chi connectivity index (χ0v) is 16.7. The Kier molecular flexibility index (Phi) is 6.86. The van der Waals surface area contributed by atoms with Crippen molar-refractivity contribution in [1.29, 1.82) is 0 Å². The lowest BCUT2D eigenvalue weighted by molar-refractivity contribution is -0.122. The van der Waals surface area contributed by atoms with Gasteiger partial charge in [0.2, 0.25) is 11.8 Å². The summed E-state index contributed by atoms with van der Waals surface area (Å²) >= 11 is 0. The molecule has 5 nitrogen and oxygen atoms in total. The average molecular weight is 398 g/mol. The van der Waals surface area contributed by atoms with Gasteiger partial charge in [-0.05, 0) is 61.1 Å². The fourth-order valence-corrected chi connectivity index (χ4v) is 3.75. The second-order valence-electron chi connectivity index (χ2n) is 7.58. The van der Waals surface area contributed by atoms with Crippen LogP contribution < -0.4 is 15.4 Å². The van der Waals surface area contributed by atoms with E-state index in [2.05, 4.69) is 10.6 Å². The number of methoxy groups -OCH3 is 1. The number of hydrogen-bond donors (Lipinski definition) is 2. The van der Waals surface area contributed by atoms with Crippen LogP contribution in [0.3, 0.4) is 0 Å². The Balaban J connectivity index is 1.51. The van der Waals surface area contributed by atoms with Gasteiger partial charge >= 0.3 is 0 Å². The highest BCUT2D eigenvalue weighted by molar-refractivity contribution is 5.80. The molecule has 0 bridgehead atoms. The van der Waals surface area contributed by atoms with Gasteiger partial charge in [-0.15, -0.1) is 0 Å². The summed E-state index contributed by atoms with van der Waals surface area (Å²) in [6.07, 6.45) is 3.49. The van der Waals surface area contributed by atoms with Crippen LogP contribution in [0.4, 0.5) is 4.39 Å². The van der Waals surface area contributed by atoms with Crippen molar-refractivity contribution in [2.24, 2.45) is 0 Å². The Morgan fingerprint density at radius 3 is 2.45 bits per heavy atom. The van der Waals surface area contributed by atoms with Crippen molar-refractivity contribution >= 4 is 11.8 Å². The molecule has 0 radical (unpaired) electrons. The summed E-state index contributed by atoms with van der Waals surface area (Å²) in [6.45, 7) is 0.502. The van der Waals surface area contributed by atoms with Gasteiger partial charge in [0, 0.05) is 24.9 Å². The number of ether oxygens (including phenoxy) is 1. The lowest BCUT2D eigenvalue weighted by Gasteiger charge is -2.29. The topological polar surface area (TPSA) is 67.4 Å². The number of halogens is 1. The van der Waals surface area contributed by atoms with Crippen LogP contribution >= 0.6 is 0 Å². The maximum atomic E-state index is 12.9. The molecule has 0 saturated carbocycles. The van der Waals surface area contributed by atoms with E-state index in [0.29, 0.717) is 38.6 Å². The first-order valence-electron chi connectivity index (χ1n) is 9.93. The van der Waals surface area contributed by atoms with E-state index < -0.39 is 0 Å². The predicted molar refractivity (Wildman–Crippen MR) is 109 cm³/mol. The number of amides is 2. The van der Waals surface area contributed by atoms with Gasteiger partial charge in [-0.2, -0.15) is 0 Å². The van der Waals surface area contributed by atoms with Crippen LogP contribution in [0, 0.1) is 5.82 Å². The molecular weight excluding hydrogens is 371 g/mol. The molecule has 2 aromatic carbocycles. The summed E-state index contributed by atoms with van der Waals surface area (Å²) in [5, 5.41) is 6.02. The Morgan fingerprint density at radius 1 is 1.14 bits per heavy atom. The summed E-state index contributed by atoms with van der Waals surface area (Å²) in [6, 6.07) is 14.1. The fourth-order valence-electron chi connectivity index (χ4n) is 3.75. The van der Waals surface area contributed by atoms with Crippen molar-refractivity contribution in [3.63, 3.8) is 0 Å². The van der Waals surface area contributed by atoms with Gasteiger partial charge in [0.15, 0.2) is 0 Å². The Bertz CT molecular complexity index is 836. The van der Waals surface area contributed by atoms with Gasteiger partial charge in [0.1, 0.15) is 11.6 Å². The normalized spacial score (nSPS) is 18.3. The van der Waals surface area contributed by atoms with Crippen LogP contribution in [-0.2, 0) is 22.4 Å². The van der Waals surface area contributed by atoms with Crippen molar-refractivity contribution in [3.8, 4) is 5.75 Å². The van der Waals surface area contributed by atoms with E-state index in [9.17, 15) is 14.0 Å². The quantitative estimate of drug-likeness (QED) is 0.682. The summed E-state index contributed by atoms with van der Waals surface area (Å²) in [5.74, 6) is 0.523. The van der Waals surface area contributed by atoms with Crippen LogP contribution in [0.15, 0.2) is 48.5 Å². The minimum absolute atomic E-state index is 0.0372. The van der Waals surface area contributed by atoms with Crippen molar-refractivity contribution < 1.29 is 18.7 Å². The van der Waals surface area contributed by atoms with Crippen molar-refractivity contribution in [1.82, 2.24) is 10.6 Å². The molecule has 154 valence electrons. The Labute approximate surface area is 170 Å². The number of carbonyl (C=O) groups excluding carboxylic acids is 2. The van der Waals surface area contributed by atoms with Crippen LogP contribution in [0.2, 0.25) is 0 Å². The molecule has 1 fully saturated rings. The summed E-state index contributed by atoms with van der Waals surface area (Å²) in [4.78, 5) is 24.2. The molecular formula is C23H27FN2O3. The lowest BCUT2D eigenvalue weighted by Crippen LogP contribution is -2.44. The summed E-state index contributed by atoms with van der Waals surface area (Å²) in [5.41, 5.74) is 1.69. The largest absolute Gasteiger partial charge is 0.497 e. The van der Waals surface area contributed by atoms with Gasteiger partial charge in [-0.25, -0.2) is 4.39 Å². The van der Waals surface area contributed by atoms with Gasteiger partial charge in [-0.3, -0.25) is 9.59 Å². The van der Waals surface area contributed by atoms with Gasteiger partial charge in [-0.1, -0.05) is 24.3 Å². The third kappa shape index (κ3) is 6.04. The van der Waals surface area contributed by atoms with Crippen LogP contribution in [0.1, 0.15) is 36.8 Å². The van der Waals surface area contributed by atoms with E-state index in [-0.39, 0.29) is 23.2 Å². The Hall–Kier alpha value is -2.89. The maximum absolute atomic E-state index is 12.9. The van der Waals surface area contributed by atoms with Gasteiger partial charge in [0.25, 0.3) is 0 Å². The van der Waals surface area contributed by atoms with Crippen LogP contribution in [0.5, 0.6) is 5.75 Å². The third-order valence-corrected chi connectivity index (χ3v) is 5.42. The first kappa shape index (κ1) is 20.8. The van der Waals surface area contributed by atoms with E-state index >= 15 is 0 Å². The van der Waals surface area contributed by atoms with Gasteiger partial charge < -0.3 is 15.4 Å². The van der Waals surface area contributed by atoms with Crippen molar-refractivity contribution in [2.45, 2.75) is 44.1 Å². The average Bonchev–Trinajstić information content (AvgIpc) is 3.09. The maximum Gasteiger partial charge on any atom is 0.220 e. The van der Waals surface area contributed by atoms with E-state index in [4.69, 9.17) is 4.74 Å². The molecule has 1 saturated heterocycles. The zero-order valence-electron chi connectivity index (χ0n) is 16.7. The number of rotatable bonds is 9. The highest BCUT2D eigenvalue weighted by atomic mass is 19.1. The first-order chi connectivity index (χ1) is 14.0. The molecule has 2 amide bonds. The number of benzene rings is 2. The SMILES string of the molecule is COc1ccc(CC2(CCC(=O)NCCc3ccc(F)cc3)CCC(=O)N2)cc1. The third-order valence-electron chi connectivity index (χ3n) is 5.42. The second-order valence-corrected chi connectivity index (χ2v) is 7.58. The monoisotopic (exact) mass is 398 g/mol. The molecule has 3 rings (SSSR count). The molecule has 1 atom stereocenters. The van der Waals surface area contributed by atoms with Crippen LogP contribution in [0.25, 0.3) is 0 Å². The molecule has 29 heavy (non-hydrogen) atoms. The number of carbonyl (C=O) groups is 2. The lowest BCUT2D eigenvalue weighted by atomic mass is 9.85. The molecule has 2 aromatic rings. The molecule has 0 aliphatic carbocycles. The first-order valence-corrected chi connectivity index (χ1v) is 9.93. The predicted octanol–water partition coefficient (Wildman–Crippen LogP) is 3.16. The minimum Gasteiger partial charge on any atom is -0.497 e. The fraction of sp³-hybridized carbons (Fsp3) is 0.391. The minimum atomic E-state index is -0.389.